The maximum absolute atomic E-state index is 11.7. The minimum absolute atomic E-state index is 0.109. The summed E-state index contributed by atoms with van der Waals surface area (Å²) in [6.45, 7) is 2.24. The fourth-order valence-corrected chi connectivity index (χ4v) is 2.08. The summed E-state index contributed by atoms with van der Waals surface area (Å²) in [5, 5.41) is 2.88. The zero-order valence-electron chi connectivity index (χ0n) is 12.0. The van der Waals surface area contributed by atoms with Gasteiger partial charge in [0.2, 0.25) is 5.91 Å². The van der Waals surface area contributed by atoms with Gasteiger partial charge in [-0.2, -0.15) is 0 Å². The smallest absolute Gasteiger partial charge is 0.224 e. The van der Waals surface area contributed by atoms with Crippen LogP contribution in [0.25, 0.3) is 0 Å². The van der Waals surface area contributed by atoms with E-state index < -0.39 is 0 Å². The third-order valence-corrected chi connectivity index (χ3v) is 3.22. The fourth-order valence-electron chi connectivity index (χ4n) is 2.08. The number of nitrogens with zero attached hydrogens (tertiary/aromatic N) is 1. The van der Waals surface area contributed by atoms with Crippen LogP contribution in [-0.4, -0.2) is 10.9 Å². The molecule has 1 N–H and O–H groups in total. The number of anilines is 1. The van der Waals surface area contributed by atoms with E-state index in [-0.39, 0.29) is 5.91 Å². The summed E-state index contributed by atoms with van der Waals surface area (Å²) in [4.78, 5) is 15.6. The lowest BCUT2D eigenvalue weighted by atomic mass is 10.1. The van der Waals surface area contributed by atoms with Crippen LogP contribution >= 0.6 is 0 Å². The average Bonchev–Trinajstić information content (AvgIpc) is 2.43. The van der Waals surface area contributed by atoms with E-state index in [9.17, 15) is 4.79 Å². The molecule has 0 atom stereocenters. The van der Waals surface area contributed by atoms with E-state index in [0.29, 0.717) is 6.42 Å². The summed E-state index contributed by atoms with van der Waals surface area (Å²) in [5.74, 6) is 0.109. The molecule has 0 saturated carbocycles. The van der Waals surface area contributed by atoms with Gasteiger partial charge in [0.15, 0.2) is 0 Å². The number of hydrogen-bond donors (Lipinski definition) is 1. The second kappa shape index (κ2) is 10.5. The summed E-state index contributed by atoms with van der Waals surface area (Å²) >= 11 is 0. The minimum atomic E-state index is 0.109. The highest BCUT2D eigenvalue weighted by Crippen LogP contribution is 2.10. The lowest BCUT2D eigenvalue weighted by Gasteiger charge is -2.04. The zero-order chi connectivity index (χ0) is 13.8. The summed E-state index contributed by atoms with van der Waals surface area (Å²) < 4.78 is 0. The van der Waals surface area contributed by atoms with Gasteiger partial charge in [0, 0.05) is 24.5 Å². The quantitative estimate of drug-likeness (QED) is 0.628. The Morgan fingerprint density at radius 2 is 1.58 bits per heavy atom. The number of nitrogens with one attached hydrogen (secondary N) is 1. The molecule has 0 aliphatic heterocycles. The van der Waals surface area contributed by atoms with Gasteiger partial charge in [-0.3, -0.25) is 9.78 Å². The molecular formula is C16H26N2O. The second-order valence-electron chi connectivity index (χ2n) is 5.01. The Kier molecular flexibility index (Phi) is 8.69. The van der Waals surface area contributed by atoms with E-state index >= 15 is 0 Å². The molecule has 19 heavy (non-hydrogen) atoms. The number of carbonyl (C=O) groups excluding carboxylic acids is 1. The Hall–Kier alpha value is -1.38. The first-order valence-electron chi connectivity index (χ1n) is 7.53. The maximum Gasteiger partial charge on any atom is 0.224 e. The first-order chi connectivity index (χ1) is 9.33. The highest BCUT2D eigenvalue weighted by Gasteiger charge is 2.01. The van der Waals surface area contributed by atoms with Crippen LogP contribution in [0.3, 0.4) is 0 Å². The number of aromatic nitrogens is 1. The molecule has 1 aromatic rings. The number of pyridine rings is 1. The topological polar surface area (TPSA) is 42.0 Å². The van der Waals surface area contributed by atoms with Crippen molar-refractivity contribution < 1.29 is 4.79 Å². The van der Waals surface area contributed by atoms with E-state index in [0.717, 1.165) is 18.5 Å². The van der Waals surface area contributed by atoms with Crippen LogP contribution in [0.4, 0.5) is 5.69 Å². The van der Waals surface area contributed by atoms with E-state index in [2.05, 4.69) is 17.2 Å². The Balaban J connectivity index is 1.96. The molecule has 0 radical (unpaired) electrons. The Bertz CT molecular complexity index is 338. The number of rotatable bonds is 10. The van der Waals surface area contributed by atoms with E-state index in [1.54, 1.807) is 12.4 Å². The van der Waals surface area contributed by atoms with E-state index in [4.69, 9.17) is 0 Å². The number of carbonyl (C=O) groups is 1. The molecular weight excluding hydrogens is 236 g/mol. The normalized spacial score (nSPS) is 10.4. The Morgan fingerprint density at radius 1 is 1.00 bits per heavy atom. The molecule has 0 fully saturated rings. The van der Waals surface area contributed by atoms with Crippen molar-refractivity contribution in [3.63, 3.8) is 0 Å². The van der Waals surface area contributed by atoms with Gasteiger partial charge >= 0.3 is 0 Å². The number of unbranched alkanes of at least 4 members (excludes halogenated alkanes) is 7. The molecule has 1 aromatic heterocycles. The van der Waals surface area contributed by atoms with Gasteiger partial charge in [-0.1, -0.05) is 51.9 Å². The number of amides is 1. The molecule has 0 spiro atoms. The predicted octanol–water partition coefficient (Wildman–Crippen LogP) is 4.55. The van der Waals surface area contributed by atoms with E-state index in [1.165, 1.54) is 38.5 Å². The van der Waals surface area contributed by atoms with Crippen molar-refractivity contribution in [3.8, 4) is 0 Å². The molecule has 1 amide bonds. The molecule has 1 rings (SSSR count). The lowest BCUT2D eigenvalue weighted by molar-refractivity contribution is -0.116. The predicted molar refractivity (Wildman–Crippen MR) is 80.1 cm³/mol. The Labute approximate surface area is 116 Å². The van der Waals surface area contributed by atoms with Crippen molar-refractivity contribution >= 4 is 11.6 Å². The van der Waals surface area contributed by atoms with Gasteiger partial charge < -0.3 is 5.32 Å². The van der Waals surface area contributed by atoms with Gasteiger partial charge in [-0.15, -0.1) is 0 Å². The molecule has 1 heterocycles. The van der Waals surface area contributed by atoms with Gasteiger partial charge in [-0.25, -0.2) is 0 Å². The third kappa shape index (κ3) is 8.36. The molecule has 0 unspecified atom stereocenters. The van der Waals surface area contributed by atoms with Crippen molar-refractivity contribution in [2.45, 2.75) is 64.7 Å². The molecule has 0 aromatic carbocycles. The first kappa shape index (κ1) is 15.7. The molecule has 0 aliphatic carbocycles. The molecule has 106 valence electrons. The van der Waals surface area contributed by atoms with Crippen molar-refractivity contribution in [3.05, 3.63) is 24.5 Å². The van der Waals surface area contributed by atoms with Crippen molar-refractivity contribution in [1.29, 1.82) is 0 Å². The second-order valence-corrected chi connectivity index (χ2v) is 5.01. The van der Waals surface area contributed by atoms with Crippen LogP contribution in [0.2, 0.25) is 0 Å². The van der Waals surface area contributed by atoms with Crippen molar-refractivity contribution in [2.75, 3.05) is 5.32 Å². The molecule has 0 bridgehead atoms. The van der Waals surface area contributed by atoms with Crippen molar-refractivity contribution in [2.24, 2.45) is 0 Å². The summed E-state index contributed by atoms with van der Waals surface area (Å²) in [7, 11) is 0. The van der Waals surface area contributed by atoms with Gasteiger partial charge in [0.1, 0.15) is 0 Å². The zero-order valence-corrected chi connectivity index (χ0v) is 12.0. The minimum Gasteiger partial charge on any atom is -0.326 e. The van der Waals surface area contributed by atoms with Gasteiger partial charge in [0.25, 0.3) is 0 Å². The van der Waals surface area contributed by atoms with Crippen LogP contribution in [0.1, 0.15) is 64.7 Å². The monoisotopic (exact) mass is 262 g/mol. The fraction of sp³-hybridized carbons (Fsp3) is 0.625. The number of hydrogen-bond acceptors (Lipinski definition) is 2. The Morgan fingerprint density at radius 3 is 2.21 bits per heavy atom. The summed E-state index contributed by atoms with van der Waals surface area (Å²) in [6.07, 6.45) is 14.1. The average molecular weight is 262 g/mol. The van der Waals surface area contributed by atoms with E-state index in [1.807, 2.05) is 12.1 Å². The lowest BCUT2D eigenvalue weighted by Crippen LogP contribution is -2.10. The highest BCUT2D eigenvalue weighted by atomic mass is 16.1. The summed E-state index contributed by atoms with van der Waals surface area (Å²) in [5.41, 5.74) is 0.833. The standard InChI is InChI=1S/C16H26N2O/c1-2-3-4-5-6-7-8-9-10-16(19)18-15-11-13-17-14-12-15/h11-14H,2-10H2,1H3,(H,17,18,19). The molecule has 3 heteroatoms. The first-order valence-corrected chi connectivity index (χ1v) is 7.53. The summed E-state index contributed by atoms with van der Waals surface area (Å²) in [6, 6.07) is 3.62. The van der Waals surface area contributed by atoms with Gasteiger partial charge in [0.05, 0.1) is 0 Å². The maximum atomic E-state index is 11.7. The largest absolute Gasteiger partial charge is 0.326 e. The van der Waals surface area contributed by atoms with Gasteiger partial charge in [-0.05, 0) is 18.6 Å². The SMILES string of the molecule is CCCCCCCCCCC(=O)Nc1ccncc1. The third-order valence-electron chi connectivity index (χ3n) is 3.22. The van der Waals surface area contributed by atoms with Crippen LogP contribution in [0.15, 0.2) is 24.5 Å². The van der Waals surface area contributed by atoms with Crippen LogP contribution < -0.4 is 5.32 Å². The molecule has 0 aliphatic rings. The van der Waals surface area contributed by atoms with Crippen molar-refractivity contribution in [1.82, 2.24) is 4.98 Å². The van der Waals surface area contributed by atoms with Crippen LogP contribution in [0, 0.1) is 0 Å². The molecule has 0 saturated heterocycles. The highest BCUT2D eigenvalue weighted by molar-refractivity contribution is 5.90. The van der Waals surface area contributed by atoms with Crippen LogP contribution in [-0.2, 0) is 4.79 Å². The van der Waals surface area contributed by atoms with Crippen LogP contribution in [0.5, 0.6) is 0 Å². The molecule has 3 nitrogen and oxygen atoms in total.